The van der Waals surface area contributed by atoms with Crippen LogP contribution < -0.4 is 5.32 Å². The van der Waals surface area contributed by atoms with Gasteiger partial charge in [-0.3, -0.25) is 9.48 Å². The minimum absolute atomic E-state index is 0.0311. The molecule has 0 saturated heterocycles. The average Bonchev–Trinajstić information content (AvgIpc) is 3.12. The normalized spacial score (nSPS) is 12.5. The largest absolute Gasteiger partial charge is 0.361 e. The summed E-state index contributed by atoms with van der Waals surface area (Å²) < 4.78 is 1.75. The topological polar surface area (TPSA) is 62.7 Å². The third-order valence-corrected chi connectivity index (χ3v) is 3.67. The molecule has 5 heteroatoms. The standard InChI is InChI=1S/C16H18N4O/c1-3-14(12-9-18-20(2)10-12)19-16(21)13-6-4-5-11-7-8-17-15(11)13/h4-10,14,17H,3H2,1-2H3,(H,19,21)/t14-/m0/s1. The number of hydrogen-bond acceptors (Lipinski definition) is 2. The fraction of sp³-hybridized carbons (Fsp3) is 0.250. The highest BCUT2D eigenvalue weighted by atomic mass is 16.1. The van der Waals surface area contributed by atoms with Crippen molar-refractivity contribution in [1.82, 2.24) is 20.1 Å². The molecule has 0 bridgehead atoms. The number of hydrogen-bond donors (Lipinski definition) is 2. The first-order valence-electron chi connectivity index (χ1n) is 7.04. The van der Waals surface area contributed by atoms with Crippen molar-refractivity contribution in [2.45, 2.75) is 19.4 Å². The highest BCUT2D eigenvalue weighted by molar-refractivity contribution is 6.05. The molecule has 0 fully saturated rings. The van der Waals surface area contributed by atoms with Gasteiger partial charge < -0.3 is 10.3 Å². The zero-order valence-corrected chi connectivity index (χ0v) is 12.1. The molecule has 1 atom stereocenters. The van der Waals surface area contributed by atoms with Gasteiger partial charge in [0.25, 0.3) is 5.91 Å². The number of para-hydroxylation sites is 1. The maximum Gasteiger partial charge on any atom is 0.253 e. The Morgan fingerprint density at radius 2 is 2.29 bits per heavy atom. The summed E-state index contributed by atoms with van der Waals surface area (Å²) in [5, 5.41) is 8.29. The van der Waals surface area contributed by atoms with E-state index in [0.717, 1.165) is 22.9 Å². The summed E-state index contributed by atoms with van der Waals surface area (Å²) >= 11 is 0. The summed E-state index contributed by atoms with van der Waals surface area (Å²) in [6.07, 6.45) is 6.39. The van der Waals surface area contributed by atoms with E-state index in [-0.39, 0.29) is 11.9 Å². The summed E-state index contributed by atoms with van der Waals surface area (Å²) in [6, 6.07) is 7.66. The van der Waals surface area contributed by atoms with Crippen molar-refractivity contribution in [2.24, 2.45) is 7.05 Å². The number of aromatic nitrogens is 3. The van der Waals surface area contributed by atoms with Crippen molar-refractivity contribution < 1.29 is 4.79 Å². The lowest BCUT2D eigenvalue weighted by Gasteiger charge is -2.15. The molecule has 2 N–H and O–H groups in total. The first kappa shape index (κ1) is 13.4. The summed E-state index contributed by atoms with van der Waals surface area (Å²) in [4.78, 5) is 15.7. The zero-order valence-electron chi connectivity index (χ0n) is 12.1. The van der Waals surface area contributed by atoms with Crippen molar-refractivity contribution in [1.29, 1.82) is 0 Å². The van der Waals surface area contributed by atoms with E-state index in [1.165, 1.54) is 0 Å². The molecule has 5 nitrogen and oxygen atoms in total. The molecule has 108 valence electrons. The number of aryl methyl sites for hydroxylation is 1. The van der Waals surface area contributed by atoms with Crippen LogP contribution in [0.2, 0.25) is 0 Å². The second kappa shape index (κ2) is 5.44. The second-order valence-corrected chi connectivity index (χ2v) is 5.13. The Balaban J connectivity index is 1.86. The van der Waals surface area contributed by atoms with Crippen LogP contribution in [0.4, 0.5) is 0 Å². The Labute approximate surface area is 123 Å². The van der Waals surface area contributed by atoms with Gasteiger partial charge in [-0.2, -0.15) is 5.10 Å². The van der Waals surface area contributed by atoms with Crippen LogP contribution in [0.15, 0.2) is 42.9 Å². The zero-order chi connectivity index (χ0) is 14.8. The number of carbonyl (C=O) groups excluding carboxylic acids is 1. The van der Waals surface area contributed by atoms with Crippen LogP contribution in [0.5, 0.6) is 0 Å². The fourth-order valence-electron chi connectivity index (χ4n) is 2.55. The smallest absolute Gasteiger partial charge is 0.253 e. The summed E-state index contributed by atoms with van der Waals surface area (Å²) in [7, 11) is 1.87. The molecular formula is C16H18N4O. The maximum atomic E-state index is 12.5. The average molecular weight is 282 g/mol. The number of rotatable bonds is 4. The number of benzene rings is 1. The lowest BCUT2D eigenvalue weighted by Crippen LogP contribution is -2.28. The van der Waals surface area contributed by atoms with E-state index >= 15 is 0 Å². The van der Waals surface area contributed by atoms with Gasteiger partial charge in [-0.1, -0.05) is 19.1 Å². The van der Waals surface area contributed by atoms with Gasteiger partial charge >= 0.3 is 0 Å². The van der Waals surface area contributed by atoms with Crippen molar-refractivity contribution in [3.63, 3.8) is 0 Å². The number of fused-ring (bicyclic) bond motifs is 1. The highest BCUT2D eigenvalue weighted by Gasteiger charge is 2.17. The van der Waals surface area contributed by atoms with E-state index in [1.54, 1.807) is 10.9 Å². The van der Waals surface area contributed by atoms with Gasteiger partial charge in [-0.25, -0.2) is 0 Å². The number of H-pyrrole nitrogens is 1. The van der Waals surface area contributed by atoms with E-state index in [9.17, 15) is 4.79 Å². The van der Waals surface area contributed by atoms with E-state index in [0.29, 0.717) is 5.56 Å². The second-order valence-electron chi connectivity index (χ2n) is 5.13. The van der Waals surface area contributed by atoms with Gasteiger partial charge in [0.1, 0.15) is 0 Å². The Kier molecular flexibility index (Phi) is 3.48. The third kappa shape index (κ3) is 2.54. The van der Waals surface area contributed by atoms with Crippen LogP contribution >= 0.6 is 0 Å². The fourth-order valence-corrected chi connectivity index (χ4v) is 2.55. The molecule has 1 aromatic carbocycles. The minimum Gasteiger partial charge on any atom is -0.361 e. The predicted molar refractivity (Wildman–Crippen MR) is 82.0 cm³/mol. The molecule has 1 amide bonds. The van der Waals surface area contributed by atoms with Crippen molar-refractivity contribution in [3.05, 3.63) is 54.0 Å². The van der Waals surface area contributed by atoms with Crippen LogP contribution in [0.1, 0.15) is 35.3 Å². The highest BCUT2D eigenvalue weighted by Crippen LogP contribution is 2.20. The molecule has 0 aliphatic rings. The Morgan fingerprint density at radius 1 is 1.43 bits per heavy atom. The maximum absolute atomic E-state index is 12.5. The van der Waals surface area contributed by atoms with E-state index in [2.05, 4.69) is 15.4 Å². The first-order chi connectivity index (χ1) is 10.2. The summed E-state index contributed by atoms with van der Waals surface area (Å²) in [6.45, 7) is 2.05. The lowest BCUT2D eigenvalue weighted by atomic mass is 10.1. The molecule has 0 saturated carbocycles. The van der Waals surface area contributed by atoms with E-state index in [1.807, 2.05) is 50.6 Å². The van der Waals surface area contributed by atoms with Gasteiger partial charge in [0.2, 0.25) is 0 Å². The molecule has 3 rings (SSSR count). The van der Waals surface area contributed by atoms with Crippen LogP contribution in [0.3, 0.4) is 0 Å². The Morgan fingerprint density at radius 3 is 3.00 bits per heavy atom. The van der Waals surface area contributed by atoms with Crippen LogP contribution in [-0.4, -0.2) is 20.7 Å². The molecule has 0 spiro atoms. The number of nitrogens with zero attached hydrogens (tertiary/aromatic N) is 2. The Hall–Kier alpha value is -2.56. The van der Waals surface area contributed by atoms with Crippen molar-refractivity contribution in [2.75, 3.05) is 0 Å². The van der Waals surface area contributed by atoms with Gasteiger partial charge in [0.05, 0.1) is 23.3 Å². The van der Waals surface area contributed by atoms with E-state index < -0.39 is 0 Å². The molecule has 0 aliphatic heterocycles. The number of amides is 1. The quantitative estimate of drug-likeness (QED) is 0.773. The van der Waals surface area contributed by atoms with E-state index in [4.69, 9.17) is 0 Å². The molecule has 2 aromatic heterocycles. The molecular weight excluding hydrogens is 264 g/mol. The molecule has 0 aliphatic carbocycles. The lowest BCUT2D eigenvalue weighted by molar-refractivity contribution is 0.0937. The van der Waals surface area contributed by atoms with Crippen molar-refractivity contribution >= 4 is 16.8 Å². The van der Waals surface area contributed by atoms with Gasteiger partial charge in [0.15, 0.2) is 0 Å². The molecule has 3 aromatic rings. The molecule has 0 unspecified atom stereocenters. The van der Waals surface area contributed by atoms with Crippen LogP contribution in [-0.2, 0) is 7.05 Å². The Bertz CT molecular complexity index is 771. The summed E-state index contributed by atoms with van der Waals surface area (Å²) in [5.41, 5.74) is 2.56. The third-order valence-electron chi connectivity index (χ3n) is 3.67. The first-order valence-corrected chi connectivity index (χ1v) is 7.04. The van der Waals surface area contributed by atoms with Crippen LogP contribution in [0, 0.1) is 0 Å². The minimum atomic E-state index is -0.0706. The number of aromatic amines is 1. The van der Waals surface area contributed by atoms with Gasteiger partial charge in [-0.05, 0) is 18.6 Å². The number of carbonyl (C=O) groups is 1. The number of nitrogens with one attached hydrogen (secondary N) is 2. The molecule has 21 heavy (non-hydrogen) atoms. The molecule has 0 radical (unpaired) electrons. The summed E-state index contributed by atoms with van der Waals surface area (Å²) in [5.74, 6) is -0.0706. The van der Waals surface area contributed by atoms with Gasteiger partial charge in [0, 0.05) is 30.4 Å². The predicted octanol–water partition coefficient (Wildman–Crippen LogP) is 2.78. The monoisotopic (exact) mass is 282 g/mol. The van der Waals surface area contributed by atoms with Crippen LogP contribution in [0.25, 0.3) is 10.9 Å². The molecule has 2 heterocycles. The SMILES string of the molecule is CC[C@H](NC(=O)c1cccc2cc[nH]c12)c1cnn(C)c1. The van der Waals surface area contributed by atoms with Crippen molar-refractivity contribution in [3.8, 4) is 0 Å². The van der Waals surface area contributed by atoms with Gasteiger partial charge in [-0.15, -0.1) is 0 Å².